The molecule has 1 saturated heterocycles. The topological polar surface area (TPSA) is 133 Å². The number of nitrogens with zero attached hydrogens (tertiary/aromatic N) is 2. The Kier molecular flexibility index (Phi) is 8.26. The Morgan fingerprint density at radius 1 is 0.796 bits per heavy atom. The highest BCUT2D eigenvalue weighted by Crippen LogP contribution is 2.38. The van der Waals surface area contributed by atoms with Crippen molar-refractivity contribution in [1.82, 2.24) is 15.6 Å². The van der Waals surface area contributed by atoms with Gasteiger partial charge in [-0.25, -0.2) is 9.69 Å². The SMILES string of the molecule is C[C@@H](NC(=O)c1ccc2c(c1)C(=C(Nc1ccc(N3C(=O)NC(=Cc4ccccc4)C3=O)cc1)c1ccncc1)C(=O)N2)c1ccccc1. The number of carbonyl (C=O) groups is 4. The van der Waals surface area contributed by atoms with Crippen molar-refractivity contribution in [3.05, 3.63) is 161 Å². The van der Waals surface area contributed by atoms with Crippen molar-refractivity contribution < 1.29 is 19.2 Å². The van der Waals surface area contributed by atoms with E-state index >= 15 is 0 Å². The summed E-state index contributed by atoms with van der Waals surface area (Å²) >= 11 is 0. The summed E-state index contributed by atoms with van der Waals surface area (Å²) in [6.07, 6.45) is 4.88. The van der Waals surface area contributed by atoms with Crippen LogP contribution >= 0.6 is 0 Å². The molecular weight excluding hydrogens is 616 g/mol. The number of urea groups is 1. The molecule has 0 bridgehead atoms. The summed E-state index contributed by atoms with van der Waals surface area (Å²) < 4.78 is 0. The van der Waals surface area contributed by atoms with Crippen LogP contribution in [-0.4, -0.2) is 28.7 Å². The van der Waals surface area contributed by atoms with Crippen molar-refractivity contribution in [2.24, 2.45) is 0 Å². The van der Waals surface area contributed by atoms with Crippen LogP contribution in [0.3, 0.4) is 0 Å². The van der Waals surface area contributed by atoms with Crippen LogP contribution in [0.5, 0.6) is 0 Å². The van der Waals surface area contributed by atoms with Gasteiger partial charge in [-0.2, -0.15) is 0 Å². The number of fused-ring (bicyclic) bond motifs is 1. The molecule has 10 nitrogen and oxygen atoms in total. The maximum atomic E-state index is 13.5. The molecule has 4 N–H and O–H groups in total. The standard InChI is InChI=1S/C39H30N6O4/c1-24(26-10-6-3-7-11-26)41-36(46)28-12-17-32-31(23-28)34(37(47)43-32)35(27-18-20-40-21-19-27)42-29-13-15-30(16-14-29)45-38(48)33(44-39(45)49)22-25-8-4-2-5-9-25/h2-24,42H,1H3,(H,41,46)(H,43,47)(H,44,49)/t24-/m1/s1. The number of imide groups is 1. The molecule has 0 radical (unpaired) electrons. The first-order valence-corrected chi connectivity index (χ1v) is 15.6. The van der Waals surface area contributed by atoms with E-state index in [4.69, 9.17) is 0 Å². The third-order valence-electron chi connectivity index (χ3n) is 8.28. The highest BCUT2D eigenvalue weighted by atomic mass is 16.2. The van der Waals surface area contributed by atoms with Gasteiger partial charge >= 0.3 is 6.03 Å². The number of hydrogen-bond acceptors (Lipinski definition) is 6. The Bertz CT molecular complexity index is 2150. The third kappa shape index (κ3) is 6.30. The first kappa shape index (κ1) is 30.8. The maximum absolute atomic E-state index is 13.5. The van der Waals surface area contributed by atoms with Crippen LogP contribution in [0.25, 0.3) is 17.3 Å². The zero-order chi connectivity index (χ0) is 33.9. The van der Waals surface area contributed by atoms with E-state index in [1.165, 1.54) is 0 Å². The molecule has 0 unspecified atom stereocenters. The molecule has 2 aliphatic rings. The van der Waals surface area contributed by atoms with E-state index in [1.54, 1.807) is 73.1 Å². The van der Waals surface area contributed by atoms with Gasteiger partial charge in [0.25, 0.3) is 17.7 Å². The van der Waals surface area contributed by atoms with Crippen molar-refractivity contribution >= 4 is 58.2 Å². The van der Waals surface area contributed by atoms with E-state index in [0.717, 1.165) is 16.0 Å². The Labute approximate surface area is 282 Å². The molecule has 10 heteroatoms. The van der Waals surface area contributed by atoms with Gasteiger partial charge in [0.2, 0.25) is 0 Å². The smallest absolute Gasteiger partial charge is 0.333 e. The van der Waals surface area contributed by atoms with Crippen LogP contribution in [0, 0.1) is 0 Å². The minimum atomic E-state index is -0.551. The monoisotopic (exact) mass is 646 g/mol. The number of carbonyl (C=O) groups excluding carboxylic acids is 4. The van der Waals surface area contributed by atoms with Gasteiger partial charge in [0, 0.05) is 40.5 Å². The fourth-order valence-corrected chi connectivity index (χ4v) is 5.78. The number of aromatic nitrogens is 1. The largest absolute Gasteiger partial charge is 0.354 e. The summed E-state index contributed by atoms with van der Waals surface area (Å²) in [4.78, 5) is 58.1. The van der Waals surface area contributed by atoms with Crippen LogP contribution in [0.15, 0.2) is 133 Å². The van der Waals surface area contributed by atoms with E-state index in [-0.39, 0.29) is 23.6 Å². The summed E-state index contributed by atoms with van der Waals surface area (Å²) in [5, 5.41) is 12.0. The predicted molar refractivity (Wildman–Crippen MR) is 189 cm³/mol. The normalized spacial score (nSPS) is 16.1. The van der Waals surface area contributed by atoms with Gasteiger partial charge in [0.15, 0.2) is 0 Å². The van der Waals surface area contributed by atoms with Crippen LogP contribution in [0.2, 0.25) is 0 Å². The molecule has 5 amide bonds. The average Bonchev–Trinajstić information content (AvgIpc) is 3.61. The second-order valence-corrected chi connectivity index (χ2v) is 11.5. The first-order valence-electron chi connectivity index (χ1n) is 15.6. The molecule has 0 spiro atoms. The molecule has 0 saturated carbocycles. The van der Waals surface area contributed by atoms with Crippen LogP contribution < -0.4 is 26.2 Å². The van der Waals surface area contributed by atoms with Gasteiger partial charge in [0.1, 0.15) is 5.70 Å². The third-order valence-corrected chi connectivity index (χ3v) is 8.28. The second-order valence-electron chi connectivity index (χ2n) is 11.5. The van der Waals surface area contributed by atoms with Gasteiger partial charge in [-0.1, -0.05) is 60.7 Å². The Hall–Kier alpha value is -6.81. The number of hydrogen-bond donors (Lipinski definition) is 4. The number of benzene rings is 4. The van der Waals surface area contributed by atoms with Gasteiger partial charge in [0.05, 0.1) is 23.0 Å². The maximum Gasteiger partial charge on any atom is 0.333 e. The van der Waals surface area contributed by atoms with Crippen molar-refractivity contribution in [3.63, 3.8) is 0 Å². The lowest BCUT2D eigenvalue weighted by Crippen LogP contribution is -2.30. The van der Waals surface area contributed by atoms with Crippen molar-refractivity contribution in [3.8, 4) is 0 Å². The fourth-order valence-electron chi connectivity index (χ4n) is 5.78. The lowest BCUT2D eigenvalue weighted by Gasteiger charge is -2.17. The zero-order valence-electron chi connectivity index (χ0n) is 26.3. The Balaban J connectivity index is 1.18. The number of amides is 5. The van der Waals surface area contributed by atoms with Crippen molar-refractivity contribution in [2.45, 2.75) is 13.0 Å². The predicted octanol–water partition coefficient (Wildman–Crippen LogP) is 6.60. The fraction of sp³-hybridized carbons (Fsp3) is 0.0513. The molecule has 5 aromatic rings. The molecule has 49 heavy (non-hydrogen) atoms. The van der Waals surface area contributed by atoms with Gasteiger partial charge in [-0.15, -0.1) is 0 Å². The number of nitrogens with one attached hydrogen (secondary N) is 4. The summed E-state index contributed by atoms with van der Waals surface area (Å²) in [5.74, 6) is -1.07. The number of anilines is 3. The molecule has 240 valence electrons. The summed E-state index contributed by atoms with van der Waals surface area (Å²) in [5.41, 5.74) is 6.00. The van der Waals surface area contributed by atoms with Crippen molar-refractivity contribution in [2.75, 3.05) is 15.5 Å². The van der Waals surface area contributed by atoms with E-state index in [9.17, 15) is 19.2 Å². The first-order chi connectivity index (χ1) is 23.9. The minimum Gasteiger partial charge on any atom is -0.354 e. The number of rotatable bonds is 8. The van der Waals surface area contributed by atoms with E-state index in [1.807, 2.05) is 67.6 Å². The highest BCUT2D eigenvalue weighted by Gasteiger charge is 2.35. The molecule has 1 atom stereocenters. The molecule has 1 aromatic heterocycles. The Morgan fingerprint density at radius 3 is 2.20 bits per heavy atom. The lowest BCUT2D eigenvalue weighted by atomic mass is 9.98. The lowest BCUT2D eigenvalue weighted by molar-refractivity contribution is -0.114. The molecule has 3 heterocycles. The van der Waals surface area contributed by atoms with Crippen LogP contribution in [-0.2, 0) is 9.59 Å². The second kappa shape index (κ2) is 13.1. The van der Waals surface area contributed by atoms with Crippen LogP contribution in [0.1, 0.15) is 45.6 Å². The van der Waals surface area contributed by atoms with Gasteiger partial charge < -0.3 is 21.3 Å². The van der Waals surface area contributed by atoms with E-state index in [0.29, 0.717) is 45.0 Å². The van der Waals surface area contributed by atoms with E-state index in [2.05, 4.69) is 26.3 Å². The zero-order valence-corrected chi connectivity index (χ0v) is 26.3. The van der Waals surface area contributed by atoms with Crippen molar-refractivity contribution in [1.29, 1.82) is 0 Å². The summed E-state index contributed by atoms with van der Waals surface area (Å²) in [6, 6.07) is 33.6. The average molecular weight is 647 g/mol. The summed E-state index contributed by atoms with van der Waals surface area (Å²) in [7, 11) is 0. The number of pyridine rings is 1. The molecule has 1 fully saturated rings. The quantitative estimate of drug-likeness (QED) is 0.111. The molecule has 4 aromatic carbocycles. The highest BCUT2D eigenvalue weighted by molar-refractivity contribution is 6.37. The molecule has 0 aliphatic carbocycles. The molecular formula is C39H30N6O4. The minimum absolute atomic E-state index is 0.177. The summed E-state index contributed by atoms with van der Waals surface area (Å²) in [6.45, 7) is 1.92. The van der Waals surface area contributed by atoms with Gasteiger partial charge in [-0.05, 0) is 78.7 Å². The molecule has 2 aliphatic heterocycles. The van der Waals surface area contributed by atoms with E-state index < -0.39 is 11.9 Å². The Morgan fingerprint density at radius 2 is 1.49 bits per heavy atom. The van der Waals surface area contributed by atoms with Crippen LogP contribution in [0.4, 0.5) is 21.9 Å². The van der Waals surface area contributed by atoms with Gasteiger partial charge in [-0.3, -0.25) is 19.4 Å². The molecule has 7 rings (SSSR count).